The van der Waals surface area contributed by atoms with E-state index in [1.807, 2.05) is 0 Å². The predicted molar refractivity (Wildman–Crippen MR) is 48.7 cm³/mol. The number of Topliss-reactive ketones (excluding diaryl/α,β-unsaturated/α-hetero) is 1. The fourth-order valence-electron chi connectivity index (χ4n) is 1.62. The van der Waals surface area contributed by atoms with E-state index < -0.39 is 0 Å². The Morgan fingerprint density at radius 2 is 2.00 bits per heavy atom. The quantitative estimate of drug-likeness (QED) is 0.634. The van der Waals surface area contributed by atoms with E-state index in [1.54, 1.807) is 12.1 Å². The average molecular weight is 177 g/mol. The Bertz CT molecular complexity index is 371. The van der Waals surface area contributed by atoms with E-state index in [0.29, 0.717) is 5.56 Å². The molecule has 0 aromatic heterocycles. The molecule has 1 heterocycles. The Balaban J connectivity index is 2.55. The summed E-state index contributed by atoms with van der Waals surface area (Å²) in [6, 6.07) is 3.44. The number of hydrogen-bond acceptors (Lipinski definition) is 3. The van der Waals surface area contributed by atoms with Gasteiger partial charge < -0.3 is 10.4 Å². The number of fused-ring (bicyclic) bond motifs is 1. The van der Waals surface area contributed by atoms with Crippen molar-refractivity contribution >= 4 is 5.78 Å². The molecule has 3 heteroatoms. The van der Waals surface area contributed by atoms with E-state index in [2.05, 4.69) is 5.32 Å². The van der Waals surface area contributed by atoms with Crippen LogP contribution in [0, 0.1) is 0 Å². The molecule has 13 heavy (non-hydrogen) atoms. The highest BCUT2D eigenvalue weighted by Crippen LogP contribution is 2.25. The van der Waals surface area contributed by atoms with Gasteiger partial charge in [0.1, 0.15) is 5.75 Å². The summed E-state index contributed by atoms with van der Waals surface area (Å²) in [5.74, 6) is 0.00199. The zero-order chi connectivity index (χ0) is 9.42. The molecule has 3 nitrogen and oxygen atoms in total. The molecule has 0 unspecified atom stereocenters. The first-order chi connectivity index (χ1) is 6.18. The van der Waals surface area contributed by atoms with Crippen molar-refractivity contribution in [1.82, 2.24) is 5.32 Å². The fraction of sp³-hybridized carbons (Fsp3) is 0.300. The van der Waals surface area contributed by atoms with E-state index in [9.17, 15) is 9.90 Å². The third-order valence-electron chi connectivity index (χ3n) is 2.33. The molecular formula is C10H11NO2. The highest BCUT2D eigenvalue weighted by molar-refractivity contribution is 5.97. The van der Waals surface area contributed by atoms with Crippen LogP contribution in [0.1, 0.15) is 28.4 Å². The van der Waals surface area contributed by atoms with E-state index in [-0.39, 0.29) is 11.5 Å². The minimum Gasteiger partial charge on any atom is -0.507 e. The minimum atomic E-state index is -0.0906. The van der Waals surface area contributed by atoms with Gasteiger partial charge in [0.25, 0.3) is 0 Å². The monoisotopic (exact) mass is 177 g/mol. The highest BCUT2D eigenvalue weighted by Gasteiger charge is 2.15. The Labute approximate surface area is 76.4 Å². The third kappa shape index (κ3) is 1.31. The Morgan fingerprint density at radius 3 is 2.62 bits per heavy atom. The van der Waals surface area contributed by atoms with Crippen LogP contribution in [0.2, 0.25) is 0 Å². The second kappa shape index (κ2) is 2.85. The molecule has 1 aliphatic heterocycles. The van der Waals surface area contributed by atoms with Crippen molar-refractivity contribution in [3.05, 3.63) is 28.8 Å². The Hall–Kier alpha value is -1.35. The van der Waals surface area contributed by atoms with Crippen molar-refractivity contribution in [3.63, 3.8) is 0 Å². The summed E-state index contributed by atoms with van der Waals surface area (Å²) in [7, 11) is 0. The SMILES string of the molecule is CC(=O)c1cc2c(cc1O)CNC2. The summed E-state index contributed by atoms with van der Waals surface area (Å²) in [5, 5.41) is 12.7. The molecule has 0 fully saturated rings. The molecule has 0 aliphatic carbocycles. The van der Waals surface area contributed by atoms with Gasteiger partial charge in [0.15, 0.2) is 5.78 Å². The molecule has 0 saturated heterocycles. The summed E-state index contributed by atoms with van der Waals surface area (Å²) in [6.45, 7) is 3.03. The van der Waals surface area contributed by atoms with Crippen LogP contribution >= 0.6 is 0 Å². The number of hydrogen-bond donors (Lipinski definition) is 2. The van der Waals surface area contributed by atoms with E-state index >= 15 is 0 Å². The molecule has 0 radical (unpaired) electrons. The van der Waals surface area contributed by atoms with Gasteiger partial charge in [-0.2, -0.15) is 0 Å². The number of aromatic hydroxyl groups is 1. The summed E-state index contributed by atoms with van der Waals surface area (Å²) < 4.78 is 0. The molecule has 1 aromatic rings. The van der Waals surface area contributed by atoms with Gasteiger partial charge in [-0.25, -0.2) is 0 Å². The zero-order valence-electron chi connectivity index (χ0n) is 7.42. The molecule has 0 saturated carbocycles. The molecule has 2 rings (SSSR count). The molecule has 0 atom stereocenters. The maximum Gasteiger partial charge on any atom is 0.163 e. The van der Waals surface area contributed by atoms with Gasteiger partial charge in [0.2, 0.25) is 0 Å². The normalized spacial score (nSPS) is 14.2. The van der Waals surface area contributed by atoms with Crippen molar-refractivity contribution in [2.45, 2.75) is 20.0 Å². The molecule has 1 aliphatic rings. The maximum atomic E-state index is 11.1. The lowest BCUT2D eigenvalue weighted by atomic mass is 10.0. The number of carbonyl (C=O) groups is 1. The topological polar surface area (TPSA) is 49.3 Å². The first-order valence-electron chi connectivity index (χ1n) is 4.25. The maximum absolute atomic E-state index is 11.1. The van der Waals surface area contributed by atoms with Crippen LogP contribution in [-0.4, -0.2) is 10.9 Å². The lowest BCUT2D eigenvalue weighted by Crippen LogP contribution is -2.00. The third-order valence-corrected chi connectivity index (χ3v) is 2.33. The molecule has 0 amide bonds. The van der Waals surface area contributed by atoms with Gasteiger partial charge in [0, 0.05) is 13.1 Å². The van der Waals surface area contributed by atoms with Crippen molar-refractivity contribution in [1.29, 1.82) is 0 Å². The van der Waals surface area contributed by atoms with Crippen molar-refractivity contribution in [3.8, 4) is 5.75 Å². The molecule has 0 spiro atoms. The zero-order valence-corrected chi connectivity index (χ0v) is 7.42. The van der Waals surface area contributed by atoms with Gasteiger partial charge >= 0.3 is 0 Å². The number of ketones is 1. The van der Waals surface area contributed by atoms with Crippen molar-refractivity contribution in [2.75, 3.05) is 0 Å². The van der Waals surface area contributed by atoms with Crippen LogP contribution in [0.3, 0.4) is 0 Å². The lowest BCUT2D eigenvalue weighted by molar-refractivity contribution is 0.101. The van der Waals surface area contributed by atoms with Crippen molar-refractivity contribution < 1.29 is 9.90 Å². The second-order valence-corrected chi connectivity index (χ2v) is 3.30. The van der Waals surface area contributed by atoms with E-state index in [1.165, 1.54) is 6.92 Å². The van der Waals surface area contributed by atoms with Crippen LogP contribution in [0.15, 0.2) is 12.1 Å². The van der Waals surface area contributed by atoms with Crippen LogP contribution in [-0.2, 0) is 13.1 Å². The lowest BCUT2D eigenvalue weighted by Gasteiger charge is -2.03. The number of phenols is 1. The van der Waals surface area contributed by atoms with Gasteiger partial charge in [-0.1, -0.05) is 0 Å². The molecule has 0 bridgehead atoms. The average Bonchev–Trinajstić information content (AvgIpc) is 2.48. The summed E-state index contributed by atoms with van der Waals surface area (Å²) in [4.78, 5) is 11.1. The molecule has 2 N–H and O–H groups in total. The number of benzene rings is 1. The van der Waals surface area contributed by atoms with Crippen LogP contribution in [0.4, 0.5) is 0 Å². The van der Waals surface area contributed by atoms with Gasteiger partial charge in [-0.15, -0.1) is 0 Å². The fourth-order valence-corrected chi connectivity index (χ4v) is 1.62. The van der Waals surface area contributed by atoms with E-state index in [4.69, 9.17) is 0 Å². The summed E-state index contributed by atoms with van der Waals surface area (Å²) >= 11 is 0. The second-order valence-electron chi connectivity index (χ2n) is 3.30. The van der Waals surface area contributed by atoms with Crippen LogP contribution < -0.4 is 5.32 Å². The number of rotatable bonds is 1. The Morgan fingerprint density at radius 1 is 1.38 bits per heavy atom. The minimum absolute atomic E-state index is 0.0906. The molecule has 1 aromatic carbocycles. The van der Waals surface area contributed by atoms with Crippen molar-refractivity contribution in [2.24, 2.45) is 0 Å². The number of nitrogens with one attached hydrogen (secondary N) is 1. The van der Waals surface area contributed by atoms with Crippen LogP contribution in [0.5, 0.6) is 5.75 Å². The standard InChI is InChI=1S/C10H11NO2/c1-6(12)9-2-7-4-11-5-8(7)3-10(9)13/h2-3,11,13H,4-5H2,1H3. The first-order valence-corrected chi connectivity index (χ1v) is 4.25. The number of carbonyl (C=O) groups excluding carboxylic acids is 1. The largest absolute Gasteiger partial charge is 0.507 e. The molecule has 68 valence electrons. The predicted octanol–water partition coefficient (Wildman–Crippen LogP) is 1.20. The molecular weight excluding hydrogens is 166 g/mol. The Kier molecular flexibility index (Phi) is 1.81. The summed E-state index contributed by atoms with van der Waals surface area (Å²) in [5.41, 5.74) is 2.62. The number of phenolic OH excluding ortho intramolecular Hbond substituents is 1. The summed E-state index contributed by atoms with van der Waals surface area (Å²) in [6.07, 6.45) is 0. The van der Waals surface area contributed by atoms with Gasteiger partial charge in [0.05, 0.1) is 5.56 Å². The van der Waals surface area contributed by atoms with Crippen LogP contribution in [0.25, 0.3) is 0 Å². The van der Waals surface area contributed by atoms with Gasteiger partial charge in [-0.3, -0.25) is 4.79 Å². The highest BCUT2D eigenvalue weighted by atomic mass is 16.3. The van der Waals surface area contributed by atoms with E-state index in [0.717, 1.165) is 24.2 Å². The smallest absolute Gasteiger partial charge is 0.163 e. The first kappa shape index (κ1) is 8.26. The van der Waals surface area contributed by atoms with Gasteiger partial charge in [-0.05, 0) is 30.2 Å².